The quantitative estimate of drug-likeness (QED) is 0.663. The minimum Gasteiger partial charge on any atom is -0.376 e. The van der Waals surface area contributed by atoms with Gasteiger partial charge in [-0.2, -0.15) is 5.26 Å². The van der Waals surface area contributed by atoms with Crippen molar-refractivity contribution in [2.75, 3.05) is 13.6 Å². The molecule has 0 bridgehead atoms. The summed E-state index contributed by atoms with van der Waals surface area (Å²) in [5.41, 5.74) is 0.785. The average molecular weight is 253 g/mol. The van der Waals surface area contributed by atoms with Crippen molar-refractivity contribution < 1.29 is 0 Å². The second-order valence-corrected chi connectivity index (χ2v) is 4.29. The number of rotatable bonds is 0. The Labute approximate surface area is 93.3 Å². The van der Waals surface area contributed by atoms with Crippen molar-refractivity contribution in [2.45, 2.75) is 6.92 Å². The monoisotopic (exact) mass is 252 g/mol. The van der Waals surface area contributed by atoms with E-state index in [1.165, 1.54) is 0 Å². The van der Waals surface area contributed by atoms with Crippen LogP contribution >= 0.6 is 15.9 Å². The highest BCUT2D eigenvalue weighted by Crippen LogP contribution is 2.19. The molecule has 1 rings (SSSR count). The highest BCUT2D eigenvalue weighted by Gasteiger charge is 2.08. The zero-order valence-corrected chi connectivity index (χ0v) is 9.95. The molecule has 1 atom stereocenters. The third-order valence-electron chi connectivity index (χ3n) is 2.06. The molecule has 0 aromatic carbocycles. The van der Waals surface area contributed by atoms with E-state index in [0.717, 1.165) is 16.6 Å². The highest BCUT2D eigenvalue weighted by molar-refractivity contribution is 9.11. The first-order valence-electron chi connectivity index (χ1n) is 4.49. The van der Waals surface area contributed by atoms with Crippen LogP contribution in [-0.2, 0) is 0 Å². The molecule has 3 heteroatoms. The van der Waals surface area contributed by atoms with Crippen molar-refractivity contribution in [1.29, 1.82) is 5.26 Å². The van der Waals surface area contributed by atoms with E-state index >= 15 is 0 Å². The van der Waals surface area contributed by atoms with Gasteiger partial charge in [-0.15, -0.1) is 0 Å². The molecule has 0 aliphatic carbocycles. The van der Waals surface area contributed by atoms with Gasteiger partial charge in [-0.1, -0.05) is 41.1 Å². The molecular weight excluding hydrogens is 240 g/mol. The normalized spacial score (nSPS) is 32.4. The Morgan fingerprint density at radius 3 is 3.00 bits per heavy atom. The van der Waals surface area contributed by atoms with Gasteiger partial charge in [0.1, 0.15) is 0 Å². The summed E-state index contributed by atoms with van der Waals surface area (Å²) in [6.45, 7) is 2.84. The zero-order valence-electron chi connectivity index (χ0n) is 8.37. The zero-order chi connectivity index (χ0) is 10.6. The van der Waals surface area contributed by atoms with Gasteiger partial charge in [-0.3, -0.25) is 0 Å². The fraction of sp³-hybridized carbons (Fsp3) is 0.364. The largest absolute Gasteiger partial charge is 0.376 e. The smallest absolute Gasteiger partial charge is 0.0968 e. The number of nitriles is 1. The predicted octanol–water partition coefficient (Wildman–Crippen LogP) is 2.81. The summed E-state index contributed by atoms with van der Waals surface area (Å²) in [6.07, 6.45) is 8.01. The van der Waals surface area contributed by atoms with E-state index in [9.17, 15) is 0 Å². The van der Waals surface area contributed by atoms with Crippen LogP contribution in [0.3, 0.4) is 0 Å². The summed E-state index contributed by atoms with van der Waals surface area (Å²) >= 11 is 3.44. The molecule has 0 radical (unpaired) electrons. The lowest BCUT2D eigenvalue weighted by Crippen LogP contribution is -2.12. The third kappa shape index (κ3) is 3.04. The molecule has 14 heavy (non-hydrogen) atoms. The van der Waals surface area contributed by atoms with Crippen molar-refractivity contribution >= 4 is 15.9 Å². The number of nitrogens with zero attached hydrogens (tertiary/aromatic N) is 2. The van der Waals surface area contributed by atoms with Gasteiger partial charge in [0, 0.05) is 30.2 Å². The summed E-state index contributed by atoms with van der Waals surface area (Å²) < 4.78 is 1.03. The first-order valence-corrected chi connectivity index (χ1v) is 5.28. The standard InChI is InChI=1S/C11H13BrN2/c1-9-6-11(12)4-3-5-14(2)8-10(9)7-13/h3-4,6,8-9H,5H2,1-2H3/b4-3-,10-8-,11-6+. The molecule has 0 aromatic heterocycles. The SMILES string of the molecule is CC1/C=C(Br)\C=C/CN(C)/C=C\1C#N. The Bertz CT molecular complexity index is 334. The molecule has 0 amide bonds. The van der Waals surface area contributed by atoms with E-state index in [0.29, 0.717) is 0 Å². The predicted molar refractivity (Wildman–Crippen MR) is 61.6 cm³/mol. The van der Waals surface area contributed by atoms with Gasteiger partial charge in [0.25, 0.3) is 0 Å². The minimum atomic E-state index is 0.152. The van der Waals surface area contributed by atoms with E-state index in [2.05, 4.69) is 28.1 Å². The molecule has 0 N–H and O–H groups in total. The molecule has 0 fully saturated rings. The van der Waals surface area contributed by atoms with Crippen molar-refractivity contribution in [3.8, 4) is 6.07 Å². The second kappa shape index (κ2) is 5.02. The summed E-state index contributed by atoms with van der Waals surface area (Å²) in [7, 11) is 1.97. The second-order valence-electron chi connectivity index (χ2n) is 3.38. The molecule has 1 aliphatic heterocycles. The lowest BCUT2D eigenvalue weighted by molar-refractivity contribution is 0.503. The van der Waals surface area contributed by atoms with Crippen LogP contribution in [0.4, 0.5) is 0 Å². The Morgan fingerprint density at radius 2 is 2.36 bits per heavy atom. The van der Waals surface area contributed by atoms with E-state index in [4.69, 9.17) is 5.26 Å². The maximum atomic E-state index is 8.96. The van der Waals surface area contributed by atoms with Gasteiger partial charge in [-0.25, -0.2) is 0 Å². The Balaban J connectivity index is 3.01. The van der Waals surface area contributed by atoms with Crippen molar-refractivity contribution in [1.82, 2.24) is 4.90 Å². The highest BCUT2D eigenvalue weighted by atomic mass is 79.9. The topological polar surface area (TPSA) is 27.0 Å². The fourth-order valence-corrected chi connectivity index (χ4v) is 1.84. The molecule has 0 spiro atoms. The van der Waals surface area contributed by atoms with Crippen LogP contribution in [-0.4, -0.2) is 18.5 Å². The molecule has 74 valence electrons. The van der Waals surface area contributed by atoms with E-state index in [1.54, 1.807) is 0 Å². The Kier molecular flexibility index (Phi) is 3.97. The summed E-state index contributed by atoms with van der Waals surface area (Å²) in [6, 6.07) is 2.23. The van der Waals surface area contributed by atoms with Crippen molar-refractivity contribution in [2.24, 2.45) is 5.92 Å². The molecule has 0 aromatic rings. The lowest BCUT2D eigenvalue weighted by Gasteiger charge is -2.12. The molecule has 1 aliphatic rings. The summed E-state index contributed by atoms with van der Waals surface area (Å²) in [5.74, 6) is 0.152. The van der Waals surface area contributed by atoms with Crippen LogP contribution in [0.5, 0.6) is 0 Å². The minimum absolute atomic E-state index is 0.152. The number of halogens is 1. The maximum absolute atomic E-state index is 8.96. The Hall–Kier alpha value is -1.01. The maximum Gasteiger partial charge on any atom is 0.0968 e. The molecule has 0 saturated carbocycles. The van der Waals surface area contributed by atoms with Crippen LogP contribution < -0.4 is 0 Å². The van der Waals surface area contributed by atoms with Crippen molar-refractivity contribution in [3.63, 3.8) is 0 Å². The van der Waals surface area contributed by atoms with Crippen LogP contribution in [0, 0.1) is 17.2 Å². The summed E-state index contributed by atoms with van der Waals surface area (Å²) in [5, 5.41) is 8.96. The molecular formula is C11H13BrN2. The van der Waals surface area contributed by atoms with E-state index in [-0.39, 0.29) is 5.92 Å². The van der Waals surface area contributed by atoms with Crippen molar-refractivity contribution in [3.05, 3.63) is 34.5 Å². The van der Waals surface area contributed by atoms with Gasteiger partial charge in [0.05, 0.1) is 11.6 Å². The third-order valence-corrected chi connectivity index (χ3v) is 2.59. The summed E-state index contributed by atoms with van der Waals surface area (Å²) in [4.78, 5) is 2.00. The number of allylic oxidation sites excluding steroid dienone is 4. The molecule has 1 heterocycles. The Morgan fingerprint density at radius 1 is 1.64 bits per heavy atom. The van der Waals surface area contributed by atoms with Gasteiger partial charge < -0.3 is 4.90 Å². The van der Waals surface area contributed by atoms with Crippen LogP contribution in [0.25, 0.3) is 0 Å². The van der Waals surface area contributed by atoms with Gasteiger partial charge in [0.2, 0.25) is 0 Å². The first-order chi connectivity index (χ1) is 6.63. The van der Waals surface area contributed by atoms with E-state index < -0.39 is 0 Å². The number of likely N-dealkylation sites (N-methyl/N-ethyl adjacent to an activating group) is 1. The number of hydrogen-bond acceptors (Lipinski definition) is 2. The van der Waals surface area contributed by atoms with Gasteiger partial charge in [-0.05, 0) is 0 Å². The fourth-order valence-electron chi connectivity index (χ4n) is 1.25. The number of hydrogen-bond donors (Lipinski definition) is 0. The molecule has 2 nitrogen and oxygen atoms in total. The molecule has 1 unspecified atom stereocenters. The van der Waals surface area contributed by atoms with Gasteiger partial charge >= 0.3 is 0 Å². The molecule has 0 saturated heterocycles. The first kappa shape index (κ1) is 11.1. The lowest BCUT2D eigenvalue weighted by atomic mass is 10.0. The van der Waals surface area contributed by atoms with Gasteiger partial charge in [0.15, 0.2) is 0 Å². The van der Waals surface area contributed by atoms with Crippen LogP contribution in [0.1, 0.15) is 6.92 Å². The van der Waals surface area contributed by atoms with E-state index in [1.807, 2.05) is 37.2 Å². The van der Waals surface area contributed by atoms with Crippen LogP contribution in [0.15, 0.2) is 34.5 Å². The average Bonchev–Trinajstić information content (AvgIpc) is 2.17. The van der Waals surface area contributed by atoms with Crippen LogP contribution in [0.2, 0.25) is 0 Å².